The van der Waals surface area contributed by atoms with Gasteiger partial charge in [0.15, 0.2) is 0 Å². The van der Waals surface area contributed by atoms with E-state index in [2.05, 4.69) is 20.8 Å². The van der Waals surface area contributed by atoms with Gasteiger partial charge in [0, 0.05) is 0 Å². The van der Waals surface area contributed by atoms with Crippen LogP contribution < -0.4 is 0 Å². The third-order valence-corrected chi connectivity index (χ3v) is 4.33. The maximum Gasteiger partial charge on any atom is 0.123 e. The molecule has 0 radical (unpaired) electrons. The maximum absolute atomic E-state index is 13.3. The van der Waals surface area contributed by atoms with Gasteiger partial charge in [-0.1, -0.05) is 26.8 Å². The van der Waals surface area contributed by atoms with E-state index in [-0.39, 0.29) is 5.82 Å². The zero-order valence-corrected chi connectivity index (χ0v) is 10.3. The van der Waals surface area contributed by atoms with Crippen LogP contribution in [0.3, 0.4) is 0 Å². The van der Waals surface area contributed by atoms with Crippen LogP contribution in [0.2, 0.25) is 0 Å². The second kappa shape index (κ2) is 2.88. The Bertz CT molecular complexity index is 435. The lowest BCUT2D eigenvalue weighted by Crippen LogP contribution is -2.23. The van der Waals surface area contributed by atoms with Crippen LogP contribution in [0.5, 0.6) is 0 Å². The quantitative estimate of drug-likeness (QED) is 0.609. The van der Waals surface area contributed by atoms with E-state index >= 15 is 0 Å². The molecule has 86 valence electrons. The average Bonchev–Trinajstić information content (AvgIpc) is 2.77. The first-order valence-electron chi connectivity index (χ1n) is 6.21. The van der Waals surface area contributed by atoms with Gasteiger partial charge in [-0.05, 0) is 59.3 Å². The number of benzene rings is 1. The van der Waals surface area contributed by atoms with Crippen LogP contribution in [0, 0.1) is 16.6 Å². The molecule has 0 aromatic heterocycles. The first-order chi connectivity index (χ1) is 7.42. The van der Waals surface area contributed by atoms with Crippen molar-refractivity contribution in [3.05, 3.63) is 35.1 Å². The van der Waals surface area contributed by atoms with Gasteiger partial charge in [-0.2, -0.15) is 0 Å². The summed E-state index contributed by atoms with van der Waals surface area (Å²) in [5.74, 6) is 0.541. The first kappa shape index (κ1) is 10.3. The molecule has 1 aromatic rings. The van der Waals surface area contributed by atoms with Crippen LogP contribution in [0.4, 0.5) is 4.39 Å². The minimum atomic E-state index is -0.0795. The Morgan fingerprint density at radius 1 is 1.25 bits per heavy atom. The third kappa shape index (κ3) is 1.33. The lowest BCUT2D eigenvalue weighted by atomic mass is 9.71. The van der Waals surface area contributed by atoms with E-state index < -0.39 is 0 Å². The van der Waals surface area contributed by atoms with Gasteiger partial charge in [-0.15, -0.1) is 0 Å². The summed E-state index contributed by atoms with van der Waals surface area (Å²) in [5, 5.41) is 0. The lowest BCUT2D eigenvalue weighted by Gasteiger charge is -2.33. The zero-order chi connectivity index (χ0) is 11.6. The molecule has 0 nitrogen and oxygen atoms in total. The third-order valence-electron chi connectivity index (χ3n) is 4.33. The van der Waals surface area contributed by atoms with Crippen LogP contribution in [0.25, 0.3) is 0 Å². The van der Waals surface area contributed by atoms with Crippen molar-refractivity contribution in [3.8, 4) is 0 Å². The van der Waals surface area contributed by atoms with Gasteiger partial charge >= 0.3 is 0 Å². The highest BCUT2D eigenvalue weighted by atomic mass is 19.1. The normalized spacial score (nSPS) is 25.9. The number of halogens is 1. The minimum Gasteiger partial charge on any atom is -0.207 e. The molecule has 3 rings (SSSR count). The van der Waals surface area contributed by atoms with Crippen molar-refractivity contribution < 1.29 is 4.39 Å². The van der Waals surface area contributed by atoms with Crippen LogP contribution in [0.1, 0.15) is 50.7 Å². The molecular weight excluding hydrogens is 199 g/mol. The van der Waals surface area contributed by atoms with Crippen molar-refractivity contribution in [2.75, 3.05) is 0 Å². The maximum atomic E-state index is 13.3. The number of hydrogen-bond donors (Lipinski definition) is 0. The van der Waals surface area contributed by atoms with E-state index in [0.717, 1.165) is 6.42 Å². The summed E-state index contributed by atoms with van der Waals surface area (Å²) >= 11 is 0. The van der Waals surface area contributed by atoms with Crippen LogP contribution >= 0.6 is 0 Å². The predicted molar refractivity (Wildman–Crippen MR) is 64.0 cm³/mol. The van der Waals surface area contributed by atoms with Gasteiger partial charge in [-0.25, -0.2) is 4.39 Å². The highest BCUT2D eigenvalue weighted by Crippen LogP contribution is 2.67. The van der Waals surface area contributed by atoms with E-state index in [1.807, 2.05) is 6.07 Å². The van der Waals surface area contributed by atoms with Gasteiger partial charge in [0.25, 0.3) is 0 Å². The van der Waals surface area contributed by atoms with Crippen LogP contribution in [0.15, 0.2) is 18.2 Å². The van der Waals surface area contributed by atoms with Gasteiger partial charge in [-0.3, -0.25) is 0 Å². The fourth-order valence-electron chi connectivity index (χ4n) is 3.83. The number of rotatable bonds is 0. The second-order valence-electron chi connectivity index (χ2n) is 6.68. The Balaban J connectivity index is 2.12. The summed E-state index contributed by atoms with van der Waals surface area (Å²) < 4.78 is 13.3. The van der Waals surface area contributed by atoms with Crippen LogP contribution in [-0.4, -0.2) is 0 Å². The van der Waals surface area contributed by atoms with Gasteiger partial charge in [0.1, 0.15) is 5.82 Å². The molecule has 1 saturated carbocycles. The topological polar surface area (TPSA) is 0 Å². The largest absolute Gasteiger partial charge is 0.207 e. The molecule has 1 aromatic carbocycles. The fourth-order valence-corrected chi connectivity index (χ4v) is 3.83. The van der Waals surface area contributed by atoms with E-state index in [0.29, 0.717) is 16.7 Å². The molecule has 0 bridgehead atoms. The van der Waals surface area contributed by atoms with E-state index in [4.69, 9.17) is 0 Å². The van der Waals surface area contributed by atoms with Gasteiger partial charge < -0.3 is 0 Å². The molecule has 1 atom stereocenters. The Hall–Kier alpha value is -0.850. The van der Waals surface area contributed by atoms with E-state index in [1.165, 1.54) is 24.0 Å². The minimum absolute atomic E-state index is 0.0795. The average molecular weight is 218 g/mol. The van der Waals surface area contributed by atoms with Crippen molar-refractivity contribution in [3.63, 3.8) is 0 Å². The standard InChI is InChI=1S/C15H19F/c1-14(2,3)13-12-5-4-11(16)8-10(12)9-15(13)6-7-15/h4-5,8,13H,6-7,9H2,1-3H3. The van der Waals surface area contributed by atoms with Gasteiger partial charge in [0.2, 0.25) is 0 Å². The molecule has 1 spiro atoms. The van der Waals surface area contributed by atoms with Crippen molar-refractivity contribution in [2.45, 2.75) is 46.0 Å². The molecule has 1 unspecified atom stereocenters. The molecule has 0 aliphatic heterocycles. The monoisotopic (exact) mass is 218 g/mol. The van der Waals surface area contributed by atoms with Gasteiger partial charge in [0.05, 0.1) is 0 Å². The Morgan fingerprint density at radius 3 is 2.50 bits per heavy atom. The molecule has 2 aliphatic rings. The smallest absolute Gasteiger partial charge is 0.123 e. The molecule has 16 heavy (non-hydrogen) atoms. The summed E-state index contributed by atoms with van der Waals surface area (Å²) in [6.45, 7) is 6.95. The molecule has 1 fully saturated rings. The predicted octanol–water partition coefficient (Wildman–Crippen LogP) is 4.29. The lowest BCUT2D eigenvalue weighted by molar-refractivity contribution is 0.235. The summed E-state index contributed by atoms with van der Waals surface area (Å²) in [6, 6.07) is 5.40. The Kier molecular flexibility index (Phi) is 1.86. The summed E-state index contributed by atoms with van der Waals surface area (Å²) in [6.07, 6.45) is 3.75. The first-order valence-corrected chi connectivity index (χ1v) is 6.21. The SMILES string of the molecule is CC(C)(C)C1c2ccc(F)cc2CC12CC2. The summed E-state index contributed by atoms with van der Waals surface area (Å²) in [7, 11) is 0. The molecule has 0 N–H and O–H groups in total. The fraction of sp³-hybridized carbons (Fsp3) is 0.600. The number of hydrogen-bond acceptors (Lipinski definition) is 0. The molecular formula is C15H19F. The van der Waals surface area contributed by atoms with E-state index in [1.54, 1.807) is 12.1 Å². The molecule has 0 heterocycles. The zero-order valence-electron chi connectivity index (χ0n) is 10.3. The second-order valence-corrected chi connectivity index (χ2v) is 6.68. The highest BCUT2D eigenvalue weighted by molar-refractivity contribution is 5.42. The van der Waals surface area contributed by atoms with Crippen molar-refractivity contribution in [1.82, 2.24) is 0 Å². The van der Waals surface area contributed by atoms with Crippen molar-refractivity contribution >= 4 is 0 Å². The molecule has 0 saturated heterocycles. The highest BCUT2D eigenvalue weighted by Gasteiger charge is 2.57. The van der Waals surface area contributed by atoms with Crippen molar-refractivity contribution in [2.24, 2.45) is 10.8 Å². The Labute approximate surface area is 96.9 Å². The van der Waals surface area contributed by atoms with Crippen molar-refractivity contribution in [1.29, 1.82) is 0 Å². The van der Waals surface area contributed by atoms with E-state index in [9.17, 15) is 4.39 Å². The summed E-state index contributed by atoms with van der Waals surface area (Å²) in [4.78, 5) is 0. The molecule has 2 aliphatic carbocycles. The number of fused-ring (bicyclic) bond motifs is 1. The Morgan fingerprint density at radius 2 is 1.94 bits per heavy atom. The van der Waals surface area contributed by atoms with Crippen LogP contribution in [-0.2, 0) is 6.42 Å². The molecule has 1 heteroatoms. The summed E-state index contributed by atoms with van der Waals surface area (Å²) in [5.41, 5.74) is 3.44. The molecule has 0 amide bonds.